The maximum Gasteiger partial charge on any atom is 0.508 e. The summed E-state index contributed by atoms with van der Waals surface area (Å²) in [6, 6.07) is -3.44. The smallest absolute Gasteiger partial charge is 0.434 e. The summed E-state index contributed by atoms with van der Waals surface area (Å²) in [7, 11) is 0. The van der Waals surface area contributed by atoms with Crippen LogP contribution in [0.3, 0.4) is 0 Å². The molecule has 47 heavy (non-hydrogen) atoms. The lowest BCUT2D eigenvalue weighted by atomic mass is 9.80. The van der Waals surface area contributed by atoms with Crippen LogP contribution in [0.15, 0.2) is 0 Å². The van der Waals surface area contributed by atoms with E-state index in [2.05, 4.69) is 16.0 Å². The van der Waals surface area contributed by atoms with Crippen LogP contribution in [-0.2, 0) is 28.7 Å². The van der Waals surface area contributed by atoms with Gasteiger partial charge in [0, 0.05) is 6.54 Å². The highest BCUT2D eigenvalue weighted by atomic mass is 16.7. The van der Waals surface area contributed by atoms with Crippen LogP contribution in [0.2, 0.25) is 0 Å². The fourth-order valence-corrected chi connectivity index (χ4v) is 6.94. The van der Waals surface area contributed by atoms with Gasteiger partial charge in [0.15, 0.2) is 0 Å². The molecule has 0 aromatic heterocycles. The first-order valence-corrected chi connectivity index (χ1v) is 17.5. The van der Waals surface area contributed by atoms with Gasteiger partial charge >= 0.3 is 12.2 Å². The third-order valence-electron chi connectivity index (χ3n) is 9.93. The number of urea groups is 1. The second kappa shape index (κ2) is 17.1. The topological polar surface area (TPSA) is 186 Å². The highest BCUT2D eigenvalue weighted by molar-refractivity contribution is 6.37. The summed E-state index contributed by atoms with van der Waals surface area (Å²) in [5.41, 5.74) is 4.52. The Morgan fingerprint density at radius 3 is 2.06 bits per heavy atom. The largest absolute Gasteiger partial charge is 0.508 e. The first kappa shape index (κ1) is 38.1. The van der Waals surface area contributed by atoms with Gasteiger partial charge in [-0.05, 0) is 55.3 Å². The Balaban J connectivity index is 1.74. The molecule has 5 N–H and O–H groups in total. The van der Waals surface area contributed by atoms with E-state index in [4.69, 9.17) is 15.2 Å². The fraction of sp³-hybridized carbons (Fsp3) is 0.824. The maximum absolute atomic E-state index is 14.2. The number of ether oxygens (including phenoxy) is 2. The molecule has 13 heteroatoms. The fourth-order valence-electron chi connectivity index (χ4n) is 6.94. The number of hydrogen-bond acceptors (Lipinski definition) is 8. The number of carbonyl (C=O) groups excluding carboxylic acids is 6. The number of rotatable bonds is 15. The van der Waals surface area contributed by atoms with Crippen molar-refractivity contribution in [3.8, 4) is 0 Å². The predicted octanol–water partition coefficient (Wildman–Crippen LogP) is 3.42. The number of likely N-dealkylation sites (tertiary alicyclic amines) is 1. The molecule has 0 spiro atoms. The van der Waals surface area contributed by atoms with Crippen LogP contribution in [0, 0.1) is 29.6 Å². The van der Waals surface area contributed by atoms with Crippen LogP contribution in [0.1, 0.15) is 106 Å². The molecule has 0 radical (unpaired) electrons. The monoisotopic (exact) mass is 663 g/mol. The van der Waals surface area contributed by atoms with E-state index in [1.807, 2.05) is 41.5 Å². The number of nitrogens with zero attached hydrogens (tertiary/aromatic N) is 1. The Kier molecular flexibility index (Phi) is 13.9. The summed E-state index contributed by atoms with van der Waals surface area (Å²) in [6.07, 6.45) is 6.89. The number of ketones is 1. The SMILES string of the molecule is CC(C)COC(=O)OCC1(NC(=O)N[C@H](C(=O)N2CC[C@H](C(C)C)[C@H]2C(=O)NC(CC2CCC2)C(=O)C(N)=O)C(C)C)CCCCC1. The van der Waals surface area contributed by atoms with Gasteiger partial charge in [0.05, 0.1) is 18.2 Å². The minimum absolute atomic E-state index is 0.0475. The molecule has 0 aromatic carbocycles. The van der Waals surface area contributed by atoms with Gasteiger partial charge in [-0.25, -0.2) is 9.59 Å². The van der Waals surface area contributed by atoms with Crippen LogP contribution in [0.4, 0.5) is 9.59 Å². The molecule has 3 aliphatic rings. The molecule has 3 fully saturated rings. The molecule has 5 amide bonds. The van der Waals surface area contributed by atoms with Gasteiger partial charge in [-0.3, -0.25) is 19.2 Å². The van der Waals surface area contributed by atoms with Crippen molar-refractivity contribution in [2.24, 2.45) is 35.3 Å². The Bertz CT molecular complexity index is 1130. The van der Waals surface area contributed by atoms with E-state index in [0.29, 0.717) is 32.2 Å². The summed E-state index contributed by atoms with van der Waals surface area (Å²) in [6.45, 7) is 11.9. The highest BCUT2D eigenvalue weighted by Gasteiger charge is 2.47. The number of carbonyl (C=O) groups is 6. The molecule has 4 atom stereocenters. The first-order valence-electron chi connectivity index (χ1n) is 17.5. The molecule has 3 rings (SSSR count). The van der Waals surface area contributed by atoms with E-state index in [-0.39, 0.29) is 42.8 Å². The van der Waals surface area contributed by atoms with Gasteiger partial charge < -0.3 is 36.1 Å². The molecule has 13 nitrogen and oxygen atoms in total. The molecule has 1 heterocycles. The Morgan fingerprint density at radius 2 is 1.53 bits per heavy atom. The maximum atomic E-state index is 14.2. The van der Waals surface area contributed by atoms with Crippen LogP contribution in [0.25, 0.3) is 0 Å². The average Bonchev–Trinajstić information content (AvgIpc) is 3.44. The second-order valence-corrected chi connectivity index (χ2v) is 14.9. The number of amides is 5. The van der Waals surface area contributed by atoms with Gasteiger partial charge in [0.1, 0.15) is 18.7 Å². The van der Waals surface area contributed by atoms with Crippen molar-refractivity contribution in [3.05, 3.63) is 0 Å². The standard InChI is InChI=1S/C34H57N5O8/c1-20(2)18-46-33(45)47-19-34(14-8-7-9-15-34)38-32(44)37-26(22(5)6)31(43)39-16-13-24(21(3)4)27(39)30(42)36-25(28(40)29(35)41)17-23-11-10-12-23/h20-27H,7-19H2,1-6H3,(H2,35,41)(H,36,42)(H2,37,38,44)/t24-,25?,26+,27+/m1/s1. The number of primary amides is 1. The molecule has 1 aliphatic heterocycles. The van der Waals surface area contributed by atoms with E-state index in [9.17, 15) is 28.8 Å². The summed E-state index contributed by atoms with van der Waals surface area (Å²) >= 11 is 0. The van der Waals surface area contributed by atoms with E-state index >= 15 is 0 Å². The van der Waals surface area contributed by atoms with Crippen LogP contribution < -0.4 is 21.7 Å². The van der Waals surface area contributed by atoms with Crippen LogP contribution in [0.5, 0.6) is 0 Å². The zero-order chi connectivity index (χ0) is 34.9. The van der Waals surface area contributed by atoms with Crippen molar-refractivity contribution >= 4 is 35.7 Å². The van der Waals surface area contributed by atoms with Crippen molar-refractivity contribution in [1.82, 2.24) is 20.9 Å². The zero-order valence-corrected chi connectivity index (χ0v) is 29.1. The van der Waals surface area contributed by atoms with Crippen molar-refractivity contribution in [2.45, 2.75) is 129 Å². The number of nitrogens with two attached hydrogens (primary N) is 1. The summed E-state index contributed by atoms with van der Waals surface area (Å²) < 4.78 is 10.6. The average molecular weight is 664 g/mol. The number of Topliss-reactive ketones (excluding diaryl/α,β-unsaturated/α-hetero) is 1. The van der Waals surface area contributed by atoms with Gasteiger partial charge in [-0.2, -0.15) is 0 Å². The van der Waals surface area contributed by atoms with Crippen LogP contribution in [-0.4, -0.2) is 84.0 Å². The normalized spacial score (nSPS) is 22.3. The molecule has 2 saturated carbocycles. The van der Waals surface area contributed by atoms with Gasteiger partial charge in [-0.15, -0.1) is 0 Å². The summed E-state index contributed by atoms with van der Waals surface area (Å²) in [4.78, 5) is 79.7. The lowest BCUT2D eigenvalue weighted by molar-refractivity contribution is -0.143. The van der Waals surface area contributed by atoms with Crippen molar-refractivity contribution in [3.63, 3.8) is 0 Å². The highest BCUT2D eigenvalue weighted by Crippen LogP contribution is 2.34. The van der Waals surface area contributed by atoms with E-state index in [1.54, 1.807) is 0 Å². The Morgan fingerprint density at radius 1 is 0.872 bits per heavy atom. The third-order valence-corrected chi connectivity index (χ3v) is 9.93. The zero-order valence-electron chi connectivity index (χ0n) is 29.1. The molecule has 0 bridgehead atoms. The Labute approximate surface area is 279 Å². The van der Waals surface area contributed by atoms with E-state index in [0.717, 1.165) is 38.5 Å². The Hall–Kier alpha value is -3.38. The lowest BCUT2D eigenvalue weighted by Crippen LogP contribution is -2.62. The van der Waals surface area contributed by atoms with Gasteiger partial charge in [0.2, 0.25) is 17.6 Å². The number of nitrogens with one attached hydrogen (secondary N) is 3. The van der Waals surface area contributed by atoms with Crippen molar-refractivity contribution < 1.29 is 38.2 Å². The minimum atomic E-state index is -1.10. The van der Waals surface area contributed by atoms with Crippen molar-refractivity contribution in [2.75, 3.05) is 19.8 Å². The van der Waals surface area contributed by atoms with E-state index < -0.39 is 59.4 Å². The third kappa shape index (κ3) is 10.6. The lowest BCUT2D eigenvalue weighted by Gasteiger charge is -2.38. The summed E-state index contributed by atoms with van der Waals surface area (Å²) in [5, 5.41) is 8.64. The molecule has 1 saturated heterocycles. The molecular formula is C34H57N5O8. The molecule has 266 valence electrons. The van der Waals surface area contributed by atoms with Gasteiger partial charge in [-0.1, -0.05) is 80.1 Å². The second-order valence-electron chi connectivity index (χ2n) is 14.9. The molecule has 2 aliphatic carbocycles. The summed E-state index contributed by atoms with van der Waals surface area (Å²) in [5.74, 6) is -2.91. The quantitative estimate of drug-likeness (QED) is 0.152. The molecular weight excluding hydrogens is 606 g/mol. The minimum Gasteiger partial charge on any atom is -0.434 e. The first-order chi connectivity index (χ1) is 22.1. The number of hydrogen-bond donors (Lipinski definition) is 4. The van der Waals surface area contributed by atoms with E-state index in [1.165, 1.54) is 4.90 Å². The van der Waals surface area contributed by atoms with Crippen LogP contribution >= 0.6 is 0 Å². The molecule has 0 aromatic rings. The van der Waals surface area contributed by atoms with Gasteiger partial charge in [0.25, 0.3) is 5.91 Å². The molecule has 1 unspecified atom stereocenters. The van der Waals surface area contributed by atoms with Crippen molar-refractivity contribution in [1.29, 1.82) is 0 Å². The predicted molar refractivity (Wildman–Crippen MR) is 175 cm³/mol.